The molecule has 1 spiro atoms. The first-order valence-corrected chi connectivity index (χ1v) is 15.2. The zero-order valence-corrected chi connectivity index (χ0v) is 25.6. The minimum atomic E-state index is -1.26. The Morgan fingerprint density at radius 3 is 2.54 bits per heavy atom. The average Bonchev–Trinajstić information content (AvgIpc) is 3.55. The first-order chi connectivity index (χ1) is 19.7. The van der Waals surface area contributed by atoms with Gasteiger partial charge in [-0.25, -0.2) is 0 Å². The van der Waals surface area contributed by atoms with Crippen molar-refractivity contribution >= 4 is 39.4 Å². The Kier molecular flexibility index (Phi) is 9.97. The molecule has 3 unspecified atom stereocenters. The van der Waals surface area contributed by atoms with Crippen LogP contribution in [0.5, 0.6) is 5.75 Å². The Labute approximate surface area is 250 Å². The van der Waals surface area contributed by atoms with Gasteiger partial charge in [0.2, 0.25) is 5.91 Å². The molecule has 0 aromatic heterocycles. The molecule has 3 aliphatic rings. The van der Waals surface area contributed by atoms with Crippen molar-refractivity contribution in [1.29, 1.82) is 0 Å². The van der Waals surface area contributed by atoms with Crippen LogP contribution in [0.2, 0.25) is 0 Å². The standard InChI is InChI=1S/C31H41BrN2O7/c1-6-8-9-10-16-40-30(38)24-25-28(36)34(23(18-35)19(3)4)27(31(25)17-22(32)26(24)41-31)29(37)33(15-7-2)20-11-13-21(39-5)14-12-20/h6-7,11-14,19,22-27,35H,1-2,8-10,15-18H2,3-5H3/t22?,23-,24+,25-,26+,27?,31?/m0/s1. The summed E-state index contributed by atoms with van der Waals surface area (Å²) in [4.78, 5) is 45.2. The average molecular weight is 634 g/mol. The molecule has 224 valence electrons. The first kappa shape index (κ1) is 31.3. The van der Waals surface area contributed by atoms with Gasteiger partial charge in [-0.1, -0.05) is 41.9 Å². The van der Waals surface area contributed by atoms with Gasteiger partial charge in [-0.05, 0) is 55.9 Å². The van der Waals surface area contributed by atoms with Gasteiger partial charge in [-0.15, -0.1) is 13.2 Å². The Morgan fingerprint density at radius 2 is 1.95 bits per heavy atom. The number of carbonyl (C=O) groups excluding carboxylic acids is 3. The van der Waals surface area contributed by atoms with Gasteiger partial charge < -0.3 is 29.1 Å². The molecule has 10 heteroatoms. The lowest BCUT2D eigenvalue weighted by Crippen LogP contribution is -2.60. The maximum Gasteiger partial charge on any atom is 0.312 e. The molecule has 0 aliphatic carbocycles. The lowest BCUT2D eigenvalue weighted by molar-refractivity contribution is -0.156. The summed E-state index contributed by atoms with van der Waals surface area (Å²) in [6.45, 7) is 11.4. The van der Waals surface area contributed by atoms with Crippen LogP contribution in [0, 0.1) is 17.8 Å². The second-order valence-electron chi connectivity index (χ2n) is 11.3. The summed E-state index contributed by atoms with van der Waals surface area (Å²) in [6.07, 6.45) is 5.55. The molecule has 1 N–H and O–H groups in total. The predicted molar refractivity (Wildman–Crippen MR) is 159 cm³/mol. The van der Waals surface area contributed by atoms with Crippen LogP contribution in [0.1, 0.15) is 39.5 Å². The number of nitrogens with zero attached hydrogens (tertiary/aromatic N) is 2. The van der Waals surface area contributed by atoms with E-state index in [-0.39, 0.29) is 42.3 Å². The Balaban J connectivity index is 1.74. The molecule has 2 amide bonds. The van der Waals surface area contributed by atoms with Gasteiger partial charge in [0.25, 0.3) is 5.91 Å². The molecule has 9 nitrogen and oxygen atoms in total. The SMILES string of the molecule is C=CCCCCOC(=O)[C@H]1[C@@H]2OC3(CC2Br)C(C(=O)N(CC=C)c2ccc(OC)cc2)N([C@@H](CO)C(C)C)C(=O)[C@H]13. The van der Waals surface area contributed by atoms with E-state index in [0.717, 1.165) is 12.8 Å². The van der Waals surface area contributed by atoms with Gasteiger partial charge in [0, 0.05) is 17.1 Å². The molecule has 2 bridgehead atoms. The number of allylic oxidation sites excluding steroid dienone is 1. The highest BCUT2D eigenvalue weighted by Gasteiger charge is 2.77. The van der Waals surface area contributed by atoms with Crippen LogP contribution in [0.4, 0.5) is 5.69 Å². The second-order valence-corrected chi connectivity index (χ2v) is 12.5. The van der Waals surface area contributed by atoms with Crippen molar-refractivity contribution in [2.24, 2.45) is 17.8 Å². The van der Waals surface area contributed by atoms with Crippen molar-refractivity contribution < 1.29 is 33.7 Å². The summed E-state index contributed by atoms with van der Waals surface area (Å²) >= 11 is 3.69. The molecule has 4 rings (SSSR count). The summed E-state index contributed by atoms with van der Waals surface area (Å²) in [6, 6.07) is 5.36. The molecule has 1 aromatic rings. The number of hydrogen-bond donors (Lipinski definition) is 1. The number of halogens is 1. The van der Waals surface area contributed by atoms with Crippen LogP contribution in [0.3, 0.4) is 0 Å². The van der Waals surface area contributed by atoms with E-state index in [1.807, 2.05) is 19.9 Å². The highest BCUT2D eigenvalue weighted by Crippen LogP contribution is 2.61. The molecule has 0 saturated carbocycles. The number of alkyl halides is 1. The minimum absolute atomic E-state index is 0.157. The summed E-state index contributed by atoms with van der Waals surface area (Å²) in [5, 5.41) is 10.4. The smallest absolute Gasteiger partial charge is 0.312 e. The van der Waals surface area contributed by atoms with Crippen LogP contribution < -0.4 is 9.64 Å². The lowest BCUT2D eigenvalue weighted by Gasteiger charge is -2.40. The van der Waals surface area contributed by atoms with Gasteiger partial charge in [-0.2, -0.15) is 0 Å². The number of methoxy groups -OCH3 is 1. The summed E-state index contributed by atoms with van der Waals surface area (Å²) < 4.78 is 17.5. The van der Waals surface area contributed by atoms with Crippen LogP contribution in [0.25, 0.3) is 0 Å². The van der Waals surface area contributed by atoms with E-state index in [0.29, 0.717) is 24.3 Å². The van der Waals surface area contributed by atoms with Crippen molar-refractivity contribution in [3.63, 3.8) is 0 Å². The molecule has 3 aliphatic heterocycles. The number of benzene rings is 1. The van der Waals surface area contributed by atoms with E-state index in [1.165, 1.54) is 4.90 Å². The Morgan fingerprint density at radius 1 is 1.24 bits per heavy atom. The highest BCUT2D eigenvalue weighted by atomic mass is 79.9. The number of aliphatic hydroxyl groups is 1. The first-order valence-electron chi connectivity index (χ1n) is 14.3. The number of esters is 1. The van der Waals surface area contributed by atoms with Gasteiger partial charge in [0.05, 0.1) is 44.3 Å². The topological polar surface area (TPSA) is 106 Å². The maximum absolute atomic E-state index is 14.6. The van der Waals surface area contributed by atoms with Crippen molar-refractivity contribution in [3.05, 3.63) is 49.6 Å². The number of unbranched alkanes of at least 4 members (excludes halogenated alkanes) is 2. The van der Waals surface area contributed by atoms with Crippen molar-refractivity contribution in [1.82, 2.24) is 4.90 Å². The van der Waals surface area contributed by atoms with Gasteiger partial charge in [-0.3, -0.25) is 14.4 Å². The number of aliphatic hydroxyl groups excluding tert-OH is 1. The van der Waals surface area contributed by atoms with Gasteiger partial charge >= 0.3 is 5.97 Å². The van der Waals surface area contributed by atoms with Crippen molar-refractivity contribution in [2.75, 3.05) is 31.8 Å². The zero-order valence-electron chi connectivity index (χ0n) is 24.0. The number of ether oxygens (including phenoxy) is 3. The van der Waals surface area contributed by atoms with E-state index in [1.54, 1.807) is 42.4 Å². The van der Waals surface area contributed by atoms with Crippen LogP contribution in [-0.2, 0) is 23.9 Å². The summed E-state index contributed by atoms with van der Waals surface area (Å²) in [5.41, 5.74) is -0.653. The van der Waals surface area contributed by atoms with E-state index < -0.39 is 41.6 Å². The van der Waals surface area contributed by atoms with Gasteiger partial charge in [0.15, 0.2) is 0 Å². The largest absolute Gasteiger partial charge is 0.497 e. The molecule has 3 saturated heterocycles. The number of fused-ring (bicyclic) bond motifs is 1. The lowest BCUT2D eigenvalue weighted by atomic mass is 9.70. The molecule has 41 heavy (non-hydrogen) atoms. The molecular formula is C31H41BrN2O7. The third-order valence-electron chi connectivity index (χ3n) is 8.56. The predicted octanol–water partition coefficient (Wildman–Crippen LogP) is 3.88. The number of carbonyl (C=O) groups is 3. The summed E-state index contributed by atoms with van der Waals surface area (Å²) in [7, 11) is 1.57. The third kappa shape index (κ3) is 5.58. The molecule has 0 radical (unpaired) electrons. The minimum Gasteiger partial charge on any atom is -0.497 e. The van der Waals surface area contributed by atoms with Crippen molar-refractivity contribution in [2.45, 2.75) is 68.1 Å². The maximum atomic E-state index is 14.6. The molecule has 1 aromatic carbocycles. The monoisotopic (exact) mass is 632 g/mol. The number of hydrogen-bond acceptors (Lipinski definition) is 7. The molecule has 3 fully saturated rings. The number of anilines is 1. The fourth-order valence-electron chi connectivity index (χ4n) is 6.61. The number of rotatable bonds is 14. The summed E-state index contributed by atoms with van der Waals surface area (Å²) in [5.74, 6) is -2.48. The van der Waals surface area contributed by atoms with E-state index in [4.69, 9.17) is 14.2 Å². The van der Waals surface area contributed by atoms with Crippen molar-refractivity contribution in [3.8, 4) is 5.75 Å². The highest BCUT2D eigenvalue weighted by molar-refractivity contribution is 9.09. The number of amides is 2. The van der Waals surface area contributed by atoms with Crippen LogP contribution in [-0.4, -0.2) is 83.3 Å². The van der Waals surface area contributed by atoms with E-state index in [2.05, 4.69) is 29.1 Å². The second kappa shape index (κ2) is 13.1. The quantitative estimate of drug-likeness (QED) is 0.144. The molecule has 7 atom stereocenters. The fraction of sp³-hybridized carbons (Fsp3) is 0.581. The fourth-order valence-corrected chi connectivity index (χ4v) is 7.56. The Hall–Kier alpha value is -2.69. The normalized spacial score (nSPS) is 28.9. The molecular weight excluding hydrogens is 592 g/mol. The van der Waals surface area contributed by atoms with Crippen LogP contribution in [0.15, 0.2) is 49.6 Å². The zero-order chi connectivity index (χ0) is 29.9. The third-order valence-corrected chi connectivity index (χ3v) is 9.40. The van der Waals surface area contributed by atoms with E-state index >= 15 is 0 Å². The van der Waals surface area contributed by atoms with Gasteiger partial charge in [0.1, 0.15) is 17.4 Å². The molecule has 3 heterocycles. The Bertz CT molecular complexity index is 1140. The van der Waals surface area contributed by atoms with E-state index in [9.17, 15) is 19.5 Å². The number of likely N-dealkylation sites (tertiary alicyclic amines) is 1. The van der Waals surface area contributed by atoms with Crippen LogP contribution >= 0.6 is 15.9 Å².